The number of likely N-dealkylation sites (tertiary alicyclic amines) is 2. The lowest BCUT2D eigenvalue weighted by atomic mass is 9.92. The lowest BCUT2D eigenvalue weighted by Crippen LogP contribution is -2.41. The molecule has 2 aliphatic rings. The van der Waals surface area contributed by atoms with Crippen molar-refractivity contribution in [3.8, 4) is 0 Å². The Kier molecular flexibility index (Phi) is 4.40. The number of aliphatic hydroxyl groups is 1. The lowest BCUT2D eigenvalue weighted by Gasteiger charge is -2.34. The topological polar surface area (TPSA) is 43.8 Å². The standard InChI is InChI=1S/C13H24N2O2/c1-11(16)12-4-7-14(8-5-12)9-10-15-6-2-3-13(15)17/h11-12,16H,2-10H2,1H3. The third-order valence-electron chi connectivity index (χ3n) is 4.17. The molecule has 0 aromatic rings. The molecule has 0 bridgehead atoms. The van der Waals surface area contributed by atoms with Crippen LogP contribution in [0.1, 0.15) is 32.6 Å². The Labute approximate surface area is 104 Å². The van der Waals surface area contributed by atoms with Gasteiger partial charge in [-0.1, -0.05) is 0 Å². The van der Waals surface area contributed by atoms with Crippen LogP contribution in [0.4, 0.5) is 0 Å². The minimum Gasteiger partial charge on any atom is -0.393 e. The van der Waals surface area contributed by atoms with Crippen molar-refractivity contribution in [2.75, 3.05) is 32.7 Å². The molecular weight excluding hydrogens is 216 g/mol. The number of hydrogen-bond donors (Lipinski definition) is 1. The van der Waals surface area contributed by atoms with Crippen molar-refractivity contribution < 1.29 is 9.90 Å². The van der Waals surface area contributed by atoms with Gasteiger partial charge in [0.25, 0.3) is 0 Å². The molecule has 2 saturated heterocycles. The van der Waals surface area contributed by atoms with E-state index in [0.717, 1.165) is 58.4 Å². The minimum absolute atomic E-state index is 0.169. The molecule has 1 atom stereocenters. The average molecular weight is 240 g/mol. The van der Waals surface area contributed by atoms with Gasteiger partial charge >= 0.3 is 0 Å². The van der Waals surface area contributed by atoms with Crippen molar-refractivity contribution >= 4 is 5.91 Å². The summed E-state index contributed by atoms with van der Waals surface area (Å²) in [5.74, 6) is 0.795. The molecule has 0 aromatic heterocycles. The van der Waals surface area contributed by atoms with Crippen molar-refractivity contribution in [1.29, 1.82) is 0 Å². The van der Waals surface area contributed by atoms with Gasteiger partial charge in [-0.05, 0) is 45.2 Å². The van der Waals surface area contributed by atoms with Crippen molar-refractivity contribution in [3.63, 3.8) is 0 Å². The van der Waals surface area contributed by atoms with E-state index in [0.29, 0.717) is 11.8 Å². The maximum Gasteiger partial charge on any atom is 0.222 e. The summed E-state index contributed by atoms with van der Waals surface area (Å²) in [6.45, 7) is 6.86. The number of amides is 1. The number of aliphatic hydroxyl groups excluding tert-OH is 1. The molecule has 98 valence electrons. The lowest BCUT2D eigenvalue weighted by molar-refractivity contribution is -0.127. The second-order valence-electron chi connectivity index (χ2n) is 5.40. The van der Waals surface area contributed by atoms with Crippen LogP contribution in [0, 0.1) is 5.92 Å². The molecule has 0 aromatic carbocycles. The molecule has 2 aliphatic heterocycles. The fourth-order valence-electron chi connectivity index (χ4n) is 2.86. The fourth-order valence-corrected chi connectivity index (χ4v) is 2.86. The van der Waals surface area contributed by atoms with E-state index in [2.05, 4.69) is 4.90 Å². The normalized spacial score (nSPS) is 25.5. The average Bonchev–Trinajstić information content (AvgIpc) is 2.73. The van der Waals surface area contributed by atoms with E-state index >= 15 is 0 Å². The molecule has 1 N–H and O–H groups in total. The van der Waals surface area contributed by atoms with Gasteiger partial charge in [0, 0.05) is 26.1 Å². The molecule has 0 saturated carbocycles. The number of carbonyl (C=O) groups is 1. The fraction of sp³-hybridized carbons (Fsp3) is 0.923. The molecule has 17 heavy (non-hydrogen) atoms. The van der Waals surface area contributed by atoms with Gasteiger partial charge in [0.2, 0.25) is 5.91 Å². The first-order valence-electron chi connectivity index (χ1n) is 6.85. The first-order valence-corrected chi connectivity index (χ1v) is 6.85. The van der Waals surface area contributed by atoms with Gasteiger partial charge in [0.05, 0.1) is 6.10 Å². The molecule has 2 heterocycles. The molecule has 2 fully saturated rings. The molecule has 2 rings (SSSR count). The van der Waals surface area contributed by atoms with Crippen molar-refractivity contribution in [2.24, 2.45) is 5.92 Å². The van der Waals surface area contributed by atoms with E-state index < -0.39 is 0 Å². The van der Waals surface area contributed by atoms with Crippen LogP contribution in [0.25, 0.3) is 0 Å². The van der Waals surface area contributed by atoms with E-state index in [1.165, 1.54) is 0 Å². The predicted molar refractivity (Wildman–Crippen MR) is 66.7 cm³/mol. The minimum atomic E-state index is -0.169. The van der Waals surface area contributed by atoms with Crippen molar-refractivity contribution in [3.05, 3.63) is 0 Å². The van der Waals surface area contributed by atoms with Gasteiger partial charge in [0.15, 0.2) is 0 Å². The van der Waals surface area contributed by atoms with Crippen LogP contribution in [0.15, 0.2) is 0 Å². The third-order valence-corrected chi connectivity index (χ3v) is 4.17. The van der Waals surface area contributed by atoms with E-state index in [4.69, 9.17) is 0 Å². The van der Waals surface area contributed by atoms with E-state index in [1.54, 1.807) is 0 Å². The van der Waals surface area contributed by atoms with Crippen LogP contribution >= 0.6 is 0 Å². The zero-order chi connectivity index (χ0) is 12.3. The molecular formula is C13H24N2O2. The number of rotatable bonds is 4. The summed E-state index contributed by atoms with van der Waals surface area (Å²) in [4.78, 5) is 15.9. The summed E-state index contributed by atoms with van der Waals surface area (Å²) in [7, 11) is 0. The predicted octanol–water partition coefficient (Wildman–Crippen LogP) is 0.702. The Morgan fingerprint density at radius 1 is 1.29 bits per heavy atom. The first kappa shape index (κ1) is 12.8. The number of nitrogens with zero attached hydrogens (tertiary/aromatic N) is 2. The van der Waals surface area contributed by atoms with Crippen LogP contribution < -0.4 is 0 Å². The van der Waals surface area contributed by atoms with Gasteiger partial charge in [-0.3, -0.25) is 4.79 Å². The van der Waals surface area contributed by atoms with Crippen molar-refractivity contribution in [2.45, 2.75) is 38.7 Å². The summed E-state index contributed by atoms with van der Waals surface area (Å²) < 4.78 is 0. The zero-order valence-corrected chi connectivity index (χ0v) is 10.8. The summed E-state index contributed by atoms with van der Waals surface area (Å²) >= 11 is 0. The quantitative estimate of drug-likeness (QED) is 0.787. The van der Waals surface area contributed by atoms with Crippen molar-refractivity contribution in [1.82, 2.24) is 9.80 Å². The summed E-state index contributed by atoms with van der Waals surface area (Å²) in [5.41, 5.74) is 0. The summed E-state index contributed by atoms with van der Waals surface area (Å²) in [6.07, 6.45) is 3.78. The Hall–Kier alpha value is -0.610. The zero-order valence-electron chi connectivity index (χ0n) is 10.8. The largest absolute Gasteiger partial charge is 0.393 e. The van der Waals surface area contributed by atoms with E-state index in [1.807, 2.05) is 11.8 Å². The highest BCUT2D eigenvalue weighted by Crippen LogP contribution is 2.20. The maximum absolute atomic E-state index is 11.5. The van der Waals surface area contributed by atoms with Crippen LogP contribution in [-0.4, -0.2) is 59.6 Å². The third kappa shape index (κ3) is 3.42. The van der Waals surface area contributed by atoms with Gasteiger partial charge in [0.1, 0.15) is 0 Å². The Bertz CT molecular complexity index is 260. The van der Waals surface area contributed by atoms with E-state index in [9.17, 15) is 9.90 Å². The molecule has 4 nitrogen and oxygen atoms in total. The second kappa shape index (κ2) is 5.83. The molecule has 0 aliphatic carbocycles. The van der Waals surface area contributed by atoms with Crippen LogP contribution in [0.5, 0.6) is 0 Å². The first-order chi connectivity index (χ1) is 8.16. The second-order valence-corrected chi connectivity index (χ2v) is 5.40. The molecule has 1 unspecified atom stereocenters. The van der Waals surface area contributed by atoms with Gasteiger partial charge in [-0.25, -0.2) is 0 Å². The highest BCUT2D eigenvalue weighted by atomic mass is 16.3. The molecule has 1 amide bonds. The van der Waals surface area contributed by atoms with Gasteiger partial charge in [-0.2, -0.15) is 0 Å². The van der Waals surface area contributed by atoms with E-state index in [-0.39, 0.29) is 6.10 Å². The van der Waals surface area contributed by atoms with Gasteiger partial charge < -0.3 is 14.9 Å². The number of piperidine rings is 1. The Morgan fingerprint density at radius 3 is 2.53 bits per heavy atom. The van der Waals surface area contributed by atoms with Crippen LogP contribution in [0.3, 0.4) is 0 Å². The highest BCUT2D eigenvalue weighted by molar-refractivity contribution is 5.78. The number of carbonyl (C=O) groups excluding carboxylic acids is 1. The van der Waals surface area contributed by atoms with Crippen LogP contribution in [0.2, 0.25) is 0 Å². The molecule has 0 spiro atoms. The smallest absolute Gasteiger partial charge is 0.222 e. The van der Waals surface area contributed by atoms with Crippen LogP contribution in [-0.2, 0) is 4.79 Å². The Balaban J connectivity index is 1.66. The number of hydrogen-bond acceptors (Lipinski definition) is 3. The molecule has 0 radical (unpaired) electrons. The molecule has 4 heteroatoms. The SMILES string of the molecule is CC(O)C1CCN(CCN2CCCC2=O)CC1. The summed E-state index contributed by atoms with van der Waals surface area (Å²) in [6, 6.07) is 0. The Morgan fingerprint density at radius 2 is 2.00 bits per heavy atom. The summed E-state index contributed by atoms with van der Waals surface area (Å²) in [5, 5.41) is 9.53. The maximum atomic E-state index is 11.5. The highest BCUT2D eigenvalue weighted by Gasteiger charge is 2.24. The van der Waals surface area contributed by atoms with Gasteiger partial charge in [-0.15, -0.1) is 0 Å². The monoisotopic (exact) mass is 240 g/mol.